The molecular weight excluding hydrogens is 294 g/mol. The van der Waals surface area contributed by atoms with Gasteiger partial charge in [0, 0.05) is 18.8 Å². The Morgan fingerprint density at radius 2 is 2.04 bits per heavy atom. The molecule has 0 saturated heterocycles. The second-order valence-corrected chi connectivity index (χ2v) is 6.46. The largest absolute Gasteiger partial charge is 0.480 e. The molecule has 0 radical (unpaired) electrons. The first-order valence-corrected chi connectivity index (χ1v) is 8.60. The molecule has 0 unspecified atom stereocenters. The summed E-state index contributed by atoms with van der Waals surface area (Å²) in [6.45, 7) is 5.76. The van der Waals surface area contributed by atoms with E-state index in [4.69, 9.17) is 0 Å². The van der Waals surface area contributed by atoms with Crippen molar-refractivity contribution in [3.05, 3.63) is 12.2 Å². The van der Waals surface area contributed by atoms with Gasteiger partial charge in [0.05, 0.1) is 0 Å². The Morgan fingerprint density at radius 3 is 2.61 bits per heavy atom. The standard InChI is InChI=1S/C18H29NO4/c1-4-6-7-8-14-13(9-10-15(14)20)11-16(21)19-17(18(22)23)12(3)5-2/h6-7,12-14,17H,4-5,8-11H2,1-3H3,(H,19,21)(H,22,23)/t12-,13+,14-,17-/m0/s1. The van der Waals surface area contributed by atoms with Crippen LogP contribution >= 0.6 is 0 Å². The van der Waals surface area contributed by atoms with Crippen molar-refractivity contribution in [2.45, 2.75) is 65.3 Å². The Kier molecular flexibility index (Phi) is 8.00. The number of carboxylic acid groups (broad SMARTS) is 1. The Labute approximate surface area is 138 Å². The lowest BCUT2D eigenvalue weighted by atomic mass is 9.89. The number of ketones is 1. The fraction of sp³-hybridized carbons (Fsp3) is 0.722. The molecule has 5 nitrogen and oxygen atoms in total. The number of nitrogens with one attached hydrogen (secondary N) is 1. The average Bonchev–Trinajstić information content (AvgIpc) is 2.84. The molecule has 1 rings (SSSR count). The maximum atomic E-state index is 12.2. The fourth-order valence-electron chi connectivity index (χ4n) is 3.11. The third kappa shape index (κ3) is 5.81. The smallest absolute Gasteiger partial charge is 0.326 e. The van der Waals surface area contributed by atoms with Crippen LogP contribution in [0.25, 0.3) is 0 Å². The number of Topliss-reactive ketones (excluding diaryl/α,β-unsaturated/α-hetero) is 1. The van der Waals surface area contributed by atoms with Crippen LogP contribution in [0.2, 0.25) is 0 Å². The first-order valence-electron chi connectivity index (χ1n) is 8.60. The van der Waals surface area contributed by atoms with Gasteiger partial charge in [0.1, 0.15) is 11.8 Å². The number of hydrogen-bond donors (Lipinski definition) is 2. The van der Waals surface area contributed by atoms with E-state index in [1.165, 1.54) is 0 Å². The molecule has 23 heavy (non-hydrogen) atoms. The zero-order chi connectivity index (χ0) is 17.4. The minimum atomic E-state index is -1.00. The van der Waals surface area contributed by atoms with Crippen molar-refractivity contribution in [1.82, 2.24) is 5.32 Å². The highest BCUT2D eigenvalue weighted by molar-refractivity contribution is 5.87. The fourth-order valence-corrected chi connectivity index (χ4v) is 3.11. The van der Waals surface area contributed by atoms with Crippen LogP contribution in [0.3, 0.4) is 0 Å². The first-order chi connectivity index (χ1) is 10.9. The number of rotatable bonds is 9. The molecule has 1 aliphatic rings. The first kappa shape index (κ1) is 19.4. The van der Waals surface area contributed by atoms with Gasteiger partial charge in [-0.05, 0) is 31.1 Å². The van der Waals surface area contributed by atoms with Crippen LogP contribution in [0.1, 0.15) is 59.3 Å². The van der Waals surface area contributed by atoms with Gasteiger partial charge in [-0.15, -0.1) is 0 Å². The summed E-state index contributed by atoms with van der Waals surface area (Å²) < 4.78 is 0. The van der Waals surface area contributed by atoms with Crippen molar-refractivity contribution >= 4 is 17.7 Å². The van der Waals surface area contributed by atoms with Crippen LogP contribution in [0, 0.1) is 17.8 Å². The van der Waals surface area contributed by atoms with Gasteiger partial charge >= 0.3 is 5.97 Å². The van der Waals surface area contributed by atoms with Gasteiger partial charge in [0.15, 0.2) is 0 Å². The second-order valence-electron chi connectivity index (χ2n) is 6.46. The van der Waals surface area contributed by atoms with Gasteiger partial charge in [0.25, 0.3) is 0 Å². The van der Waals surface area contributed by atoms with E-state index in [1.807, 2.05) is 32.9 Å². The third-order valence-electron chi connectivity index (χ3n) is 4.78. The summed E-state index contributed by atoms with van der Waals surface area (Å²) in [6, 6.07) is -0.858. The predicted molar refractivity (Wildman–Crippen MR) is 88.9 cm³/mol. The van der Waals surface area contributed by atoms with E-state index in [0.717, 1.165) is 12.8 Å². The molecular formula is C18H29NO4. The molecule has 130 valence electrons. The second kappa shape index (κ2) is 9.48. The van der Waals surface area contributed by atoms with Crippen LogP contribution in [-0.2, 0) is 14.4 Å². The lowest BCUT2D eigenvalue weighted by molar-refractivity contribution is -0.143. The summed E-state index contributed by atoms with van der Waals surface area (Å²) in [5, 5.41) is 11.9. The van der Waals surface area contributed by atoms with E-state index >= 15 is 0 Å². The molecule has 1 fully saturated rings. The lowest BCUT2D eigenvalue weighted by Gasteiger charge is -2.22. The molecule has 0 aromatic heterocycles. The van der Waals surface area contributed by atoms with Crippen LogP contribution in [0.5, 0.6) is 0 Å². The SMILES string of the molecule is CCC=CC[C@@H]1C(=O)CC[C@@H]1CC(=O)N[C@H](C(=O)O)[C@@H](C)CC. The van der Waals surface area contributed by atoms with Crippen molar-refractivity contribution < 1.29 is 19.5 Å². The van der Waals surface area contributed by atoms with Crippen molar-refractivity contribution in [3.8, 4) is 0 Å². The predicted octanol–water partition coefficient (Wildman–Crippen LogP) is 2.94. The number of carboxylic acids is 1. The van der Waals surface area contributed by atoms with Gasteiger partial charge in [-0.2, -0.15) is 0 Å². The van der Waals surface area contributed by atoms with E-state index in [0.29, 0.717) is 19.3 Å². The van der Waals surface area contributed by atoms with Crippen molar-refractivity contribution in [2.24, 2.45) is 17.8 Å². The number of amides is 1. The minimum absolute atomic E-state index is 0.0235. The highest BCUT2D eigenvalue weighted by atomic mass is 16.4. The van der Waals surface area contributed by atoms with Crippen LogP contribution in [0.4, 0.5) is 0 Å². The molecule has 0 bridgehead atoms. The molecule has 1 aliphatic carbocycles. The Bertz CT molecular complexity index is 458. The zero-order valence-electron chi connectivity index (χ0n) is 14.4. The molecule has 0 spiro atoms. The summed E-state index contributed by atoms with van der Waals surface area (Å²) in [7, 11) is 0. The maximum absolute atomic E-state index is 12.2. The molecule has 0 aromatic carbocycles. The van der Waals surface area contributed by atoms with Gasteiger partial charge in [-0.1, -0.05) is 39.3 Å². The normalized spacial score (nSPS) is 23.9. The number of hydrogen-bond acceptors (Lipinski definition) is 3. The highest BCUT2D eigenvalue weighted by Gasteiger charge is 2.35. The minimum Gasteiger partial charge on any atom is -0.480 e. The number of allylic oxidation sites excluding steroid dienone is 2. The topological polar surface area (TPSA) is 83.5 Å². The summed E-state index contributed by atoms with van der Waals surface area (Å²) >= 11 is 0. The molecule has 4 atom stereocenters. The van der Waals surface area contributed by atoms with E-state index < -0.39 is 12.0 Å². The molecule has 2 N–H and O–H groups in total. The molecule has 1 amide bonds. The van der Waals surface area contributed by atoms with Gasteiger partial charge < -0.3 is 10.4 Å². The number of aliphatic carboxylic acids is 1. The summed E-state index contributed by atoms with van der Waals surface area (Å²) in [5.41, 5.74) is 0. The zero-order valence-corrected chi connectivity index (χ0v) is 14.4. The monoisotopic (exact) mass is 323 g/mol. The maximum Gasteiger partial charge on any atom is 0.326 e. The van der Waals surface area contributed by atoms with Crippen LogP contribution < -0.4 is 5.32 Å². The molecule has 0 aliphatic heterocycles. The van der Waals surface area contributed by atoms with E-state index in [1.54, 1.807) is 0 Å². The highest BCUT2D eigenvalue weighted by Crippen LogP contribution is 2.34. The Hall–Kier alpha value is -1.65. The van der Waals surface area contributed by atoms with E-state index in [-0.39, 0.29) is 35.9 Å². The quantitative estimate of drug-likeness (QED) is 0.639. The lowest BCUT2D eigenvalue weighted by Crippen LogP contribution is -2.45. The molecule has 0 heterocycles. The molecule has 1 saturated carbocycles. The molecule has 5 heteroatoms. The van der Waals surface area contributed by atoms with Crippen LogP contribution in [0.15, 0.2) is 12.2 Å². The molecule has 0 aromatic rings. The Balaban J connectivity index is 2.62. The van der Waals surface area contributed by atoms with Gasteiger partial charge in [-0.25, -0.2) is 4.79 Å². The van der Waals surface area contributed by atoms with Crippen molar-refractivity contribution in [3.63, 3.8) is 0 Å². The van der Waals surface area contributed by atoms with E-state index in [9.17, 15) is 19.5 Å². The number of carbonyl (C=O) groups excluding carboxylic acids is 2. The summed E-state index contributed by atoms with van der Waals surface area (Å²) in [5.74, 6) is -1.24. The third-order valence-corrected chi connectivity index (χ3v) is 4.78. The van der Waals surface area contributed by atoms with Crippen LogP contribution in [-0.4, -0.2) is 28.8 Å². The summed E-state index contributed by atoms with van der Waals surface area (Å²) in [6.07, 6.45) is 7.82. The Morgan fingerprint density at radius 1 is 1.35 bits per heavy atom. The van der Waals surface area contributed by atoms with Crippen molar-refractivity contribution in [1.29, 1.82) is 0 Å². The number of carbonyl (C=O) groups is 3. The van der Waals surface area contributed by atoms with Gasteiger partial charge in [-0.3, -0.25) is 9.59 Å². The van der Waals surface area contributed by atoms with Gasteiger partial charge in [0.2, 0.25) is 5.91 Å². The average molecular weight is 323 g/mol. The summed E-state index contributed by atoms with van der Waals surface area (Å²) in [4.78, 5) is 35.5. The van der Waals surface area contributed by atoms with Crippen molar-refractivity contribution in [2.75, 3.05) is 0 Å². The van der Waals surface area contributed by atoms with E-state index in [2.05, 4.69) is 5.32 Å².